The van der Waals surface area contributed by atoms with Crippen molar-refractivity contribution in [2.45, 2.75) is 77.0 Å². The van der Waals surface area contributed by atoms with Crippen molar-refractivity contribution in [2.75, 3.05) is 18.0 Å². The van der Waals surface area contributed by atoms with Crippen molar-refractivity contribution in [3.63, 3.8) is 0 Å². The van der Waals surface area contributed by atoms with Crippen LogP contribution in [0.5, 0.6) is 0 Å². The molecule has 1 N–H and O–H groups in total. The summed E-state index contributed by atoms with van der Waals surface area (Å²) in [6.07, 6.45) is 11.0. The van der Waals surface area contributed by atoms with Crippen LogP contribution in [0.3, 0.4) is 0 Å². The second-order valence-corrected chi connectivity index (χ2v) is 9.20. The van der Waals surface area contributed by atoms with Crippen molar-refractivity contribution < 1.29 is 19.4 Å². The highest BCUT2D eigenvalue weighted by atomic mass is 16.6. The van der Waals surface area contributed by atoms with Crippen LogP contribution in [0.2, 0.25) is 0 Å². The van der Waals surface area contributed by atoms with Crippen LogP contribution in [0, 0.1) is 0 Å². The van der Waals surface area contributed by atoms with E-state index in [-0.39, 0.29) is 12.1 Å². The Morgan fingerprint density at radius 2 is 1.93 bits per heavy atom. The van der Waals surface area contributed by atoms with Gasteiger partial charge in [-0.1, -0.05) is 19.3 Å². The molecular weight excluding hydrogens is 382 g/mol. The standard InChI is InChI=1S/C23H33N3O4/c1-23(2,3)30-22(29)26(20-11-9-17(15-24-20)10-12-21(27)28)19-13-14-25(16-19)18-7-5-4-6-8-18/h9-12,15,18-19H,4-8,13-14,16H2,1-3H3,(H,27,28)/t19-/m1/s1. The third kappa shape index (κ3) is 6.05. The van der Waals surface area contributed by atoms with Crippen LogP contribution in [-0.4, -0.2) is 57.8 Å². The van der Waals surface area contributed by atoms with E-state index in [4.69, 9.17) is 9.84 Å². The van der Waals surface area contributed by atoms with Crippen molar-refractivity contribution in [2.24, 2.45) is 0 Å². The van der Waals surface area contributed by atoms with E-state index in [9.17, 15) is 9.59 Å². The number of carbonyl (C=O) groups excluding carboxylic acids is 1. The number of rotatable bonds is 5. The number of aliphatic carboxylic acids is 1. The molecule has 2 fully saturated rings. The second kappa shape index (κ2) is 9.60. The summed E-state index contributed by atoms with van der Waals surface area (Å²) < 4.78 is 5.69. The topological polar surface area (TPSA) is 83.0 Å². The monoisotopic (exact) mass is 415 g/mol. The third-order valence-corrected chi connectivity index (χ3v) is 5.68. The number of likely N-dealkylation sites (tertiary alicyclic amines) is 1. The van der Waals surface area contributed by atoms with Crippen LogP contribution in [0.1, 0.15) is 64.9 Å². The lowest BCUT2D eigenvalue weighted by Gasteiger charge is -2.33. The molecule has 1 aliphatic heterocycles. The summed E-state index contributed by atoms with van der Waals surface area (Å²) in [6, 6.07) is 4.15. The molecule has 30 heavy (non-hydrogen) atoms. The summed E-state index contributed by atoms with van der Waals surface area (Å²) in [4.78, 5) is 32.5. The Bertz CT molecular complexity index is 764. The maximum absolute atomic E-state index is 13.1. The van der Waals surface area contributed by atoms with Gasteiger partial charge in [-0.3, -0.25) is 9.80 Å². The molecule has 0 bridgehead atoms. The molecular formula is C23H33N3O4. The molecule has 0 radical (unpaired) electrons. The van der Waals surface area contributed by atoms with Crippen LogP contribution in [0.25, 0.3) is 6.08 Å². The highest BCUT2D eigenvalue weighted by molar-refractivity contribution is 5.88. The summed E-state index contributed by atoms with van der Waals surface area (Å²) in [5.41, 5.74) is 0.0711. The molecule has 164 valence electrons. The maximum atomic E-state index is 13.1. The van der Waals surface area contributed by atoms with Gasteiger partial charge in [-0.25, -0.2) is 14.6 Å². The Morgan fingerprint density at radius 1 is 1.20 bits per heavy atom. The first-order chi connectivity index (χ1) is 14.2. The Morgan fingerprint density at radius 3 is 2.53 bits per heavy atom. The summed E-state index contributed by atoms with van der Waals surface area (Å²) in [5.74, 6) is -0.476. The van der Waals surface area contributed by atoms with Crippen molar-refractivity contribution in [1.29, 1.82) is 0 Å². The molecule has 1 aromatic rings. The number of carbonyl (C=O) groups is 2. The normalized spacial score (nSPS) is 21.1. The van der Waals surface area contributed by atoms with Gasteiger partial charge in [0.1, 0.15) is 11.4 Å². The molecule has 1 atom stereocenters. The van der Waals surface area contributed by atoms with Crippen molar-refractivity contribution in [1.82, 2.24) is 9.88 Å². The minimum atomic E-state index is -1.01. The zero-order chi connectivity index (χ0) is 21.7. The number of hydrogen-bond donors (Lipinski definition) is 1. The number of anilines is 1. The molecule has 1 aliphatic carbocycles. The molecule has 7 nitrogen and oxygen atoms in total. The number of ether oxygens (including phenoxy) is 1. The van der Waals surface area contributed by atoms with Gasteiger partial charge in [0.25, 0.3) is 0 Å². The molecule has 2 aliphatic rings. The van der Waals surface area contributed by atoms with E-state index >= 15 is 0 Å². The lowest BCUT2D eigenvalue weighted by molar-refractivity contribution is -0.131. The molecule has 0 unspecified atom stereocenters. The highest BCUT2D eigenvalue weighted by Crippen LogP contribution is 2.30. The number of aromatic nitrogens is 1. The fourth-order valence-electron chi connectivity index (χ4n) is 4.30. The van der Waals surface area contributed by atoms with E-state index in [1.54, 1.807) is 23.2 Å². The van der Waals surface area contributed by atoms with E-state index in [1.807, 2.05) is 20.8 Å². The molecule has 3 rings (SSSR count). The SMILES string of the molecule is CC(C)(C)OC(=O)N(c1ccc(C=CC(=O)O)cn1)[C@@H]1CCN(C2CCCCC2)C1. The van der Waals surface area contributed by atoms with Crippen LogP contribution in [0.15, 0.2) is 24.4 Å². The quantitative estimate of drug-likeness (QED) is 0.721. The predicted molar refractivity (Wildman–Crippen MR) is 116 cm³/mol. The minimum absolute atomic E-state index is 0.00897. The molecule has 0 spiro atoms. The first-order valence-electron chi connectivity index (χ1n) is 10.9. The van der Waals surface area contributed by atoms with E-state index in [2.05, 4.69) is 9.88 Å². The Kier molecular flexibility index (Phi) is 7.13. The molecule has 7 heteroatoms. The number of hydrogen-bond acceptors (Lipinski definition) is 5. The van der Waals surface area contributed by atoms with Gasteiger partial charge in [-0.15, -0.1) is 0 Å². The zero-order valence-electron chi connectivity index (χ0n) is 18.2. The molecule has 1 amide bonds. The highest BCUT2D eigenvalue weighted by Gasteiger charge is 2.37. The molecule has 0 aromatic carbocycles. The summed E-state index contributed by atoms with van der Waals surface area (Å²) in [5, 5.41) is 8.79. The number of amides is 1. The van der Waals surface area contributed by atoms with Crippen molar-refractivity contribution in [3.05, 3.63) is 30.0 Å². The van der Waals surface area contributed by atoms with Crippen molar-refractivity contribution in [3.8, 4) is 0 Å². The van der Waals surface area contributed by atoms with Gasteiger partial charge in [0.2, 0.25) is 0 Å². The lowest BCUT2D eigenvalue weighted by Crippen LogP contribution is -2.46. The van der Waals surface area contributed by atoms with Gasteiger partial charge < -0.3 is 9.84 Å². The van der Waals surface area contributed by atoms with Crippen LogP contribution < -0.4 is 4.90 Å². The minimum Gasteiger partial charge on any atom is -0.478 e. The van der Waals surface area contributed by atoms with Gasteiger partial charge in [-0.05, 0) is 63.8 Å². The van der Waals surface area contributed by atoms with E-state index < -0.39 is 11.6 Å². The summed E-state index contributed by atoms with van der Waals surface area (Å²) in [7, 11) is 0. The number of pyridine rings is 1. The Labute approximate surface area is 178 Å². The number of nitrogens with zero attached hydrogens (tertiary/aromatic N) is 3. The molecule has 1 aromatic heterocycles. The van der Waals surface area contributed by atoms with E-state index in [0.29, 0.717) is 17.4 Å². The largest absolute Gasteiger partial charge is 0.478 e. The Balaban J connectivity index is 1.78. The van der Waals surface area contributed by atoms with Gasteiger partial charge in [0, 0.05) is 31.4 Å². The van der Waals surface area contributed by atoms with Gasteiger partial charge in [0.15, 0.2) is 0 Å². The summed E-state index contributed by atoms with van der Waals surface area (Å²) in [6.45, 7) is 7.39. The molecule has 1 saturated carbocycles. The summed E-state index contributed by atoms with van der Waals surface area (Å²) >= 11 is 0. The first kappa shape index (κ1) is 22.3. The van der Waals surface area contributed by atoms with E-state index in [0.717, 1.165) is 25.6 Å². The average molecular weight is 416 g/mol. The van der Waals surface area contributed by atoms with Gasteiger partial charge in [-0.2, -0.15) is 0 Å². The van der Waals surface area contributed by atoms with Crippen molar-refractivity contribution >= 4 is 24.0 Å². The number of carboxylic acid groups (broad SMARTS) is 1. The lowest BCUT2D eigenvalue weighted by atomic mass is 9.94. The smallest absolute Gasteiger partial charge is 0.416 e. The fourth-order valence-corrected chi connectivity index (χ4v) is 4.30. The maximum Gasteiger partial charge on any atom is 0.416 e. The fraction of sp³-hybridized carbons (Fsp3) is 0.609. The second-order valence-electron chi connectivity index (χ2n) is 9.20. The van der Waals surface area contributed by atoms with Crippen LogP contribution in [0.4, 0.5) is 10.6 Å². The zero-order valence-corrected chi connectivity index (χ0v) is 18.2. The first-order valence-corrected chi connectivity index (χ1v) is 10.9. The third-order valence-electron chi connectivity index (χ3n) is 5.68. The Hall–Kier alpha value is -2.41. The predicted octanol–water partition coefficient (Wildman–Crippen LogP) is 4.33. The molecule has 2 heterocycles. The van der Waals surface area contributed by atoms with Gasteiger partial charge in [0.05, 0.1) is 6.04 Å². The average Bonchev–Trinajstić information content (AvgIpc) is 3.16. The van der Waals surface area contributed by atoms with Gasteiger partial charge >= 0.3 is 12.1 Å². The van der Waals surface area contributed by atoms with Crippen LogP contribution in [-0.2, 0) is 9.53 Å². The number of carboxylic acids is 1. The molecule has 1 saturated heterocycles. The van der Waals surface area contributed by atoms with Crippen LogP contribution >= 0.6 is 0 Å². The van der Waals surface area contributed by atoms with E-state index in [1.165, 1.54) is 38.2 Å².